The van der Waals surface area contributed by atoms with Gasteiger partial charge in [-0.25, -0.2) is 0 Å². The molecular weight excluding hydrogens is 194 g/mol. The Hall–Kier alpha value is -0.820. The topological polar surface area (TPSA) is 12.0 Å². The van der Waals surface area contributed by atoms with Gasteiger partial charge in [-0.15, -0.1) is 0 Å². The molecular formula is C15H23N. The van der Waals surface area contributed by atoms with Crippen molar-refractivity contribution in [1.82, 2.24) is 5.32 Å². The Morgan fingerprint density at radius 1 is 1.25 bits per heavy atom. The van der Waals surface area contributed by atoms with Gasteiger partial charge in [0, 0.05) is 0 Å². The molecule has 2 rings (SSSR count). The average molecular weight is 217 g/mol. The molecule has 1 fully saturated rings. The number of aryl methyl sites for hydroxylation is 2. The third-order valence-electron chi connectivity index (χ3n) is 3.91. The summed E-state index contributed by atoms with van der Waals surface area (Å²) >= 11 is 0. The highest BCUT2D eigenvalue weighted by molar-refractivity contribution is 5.34. The van der Waals surface area contributed by atoms with E-state index >= 15 is 0 Å². The molecule has 1 heteroatoms. The lowest BCUT2D eigenvalue weighted by Crippen LogP contribution is -2.25. The maximum absolute atomic E-state index is 3.24. The monoisotopic (exact) mass is 217 g/mol. The van der Waals surface area contributed by atoms with Gasteiger partial charge < -0.3 is 5.32 Å². The van der Waals surface area contributed by atoms with Gasteiger partial charge in [-0.3, -0.25) is 0 Å². The van der Waals surface area contributed by atoms with Crippen LogP contribution in [0, 0.1) is 19.8 Å². The number of rotatable bonds is 4. The number of nitrogens with one attached hydrogen (secondary N) is 1. The van der Waals surface area contributed by atoms with Gasteiger partial charge in [0.1, 0.15) is 0 Å². The van der Waals surface area contributed by atoms with Crippen molar-refractivity contribution in [3.63, 3.8) is 0 Å². The molecule has 0 atom stereocenters. The van der Waals surface area contributed by atoms with Crippen LogP contribution in [-0.4, -0.2) is 13.6 Å². The third-order valence-corrected chi connectivity index (χ3v) is 3.91. The minimum Gasteiger partial charge on any atom is -0.320 e. The second kappa shape index (κ2) is 5.01. The highest BCUT2D eigenvalue weighted by atomic mass is 14.8. The second-order valence-corrected chi connectivity index (χ2v) is 5.29. The van der Waals surface area contributed by atoms with Crippen molar-refractivity contribution in [2.75, 3.05) is 13.6 Å². The molecule has 0 spiro atoms. The van der Waals surface area contributed by atoms with E-state index in [0.717, 1.165) is 11.8 Å². The maximum atomic E-state index is 3.24. The number of benzene rings is 1. The first kappa shape index (κ1) is 11.7. The van der Waals surface area contributed by atoms with E-state index in [4.69, 9.17) is 0 Å². The largest absolute Gasteiger partial charge is 0.320 e. The highest BCUT2D eigenvalue weighted by Crippen LogP contribution is 2.44. The molecule has 0 amide bonds. The quantitative estimate of drug-likeness (QED) is 0.815. The normalized spacial score (nSPS) is 24.2. The fourth-order valence-electron chi connectivity index (χ4n) is 2.77. The maximum Gasteiger partial charge on any atom is -0.00493 e. The first-order chi connectivity index (χ1) is 7.70. The Kier molecular flexibility index (Phi) is 3.65. The summed E-state index contributed by atoms with van der Waals surface area (Å²) in [7, 11) is 2.04. The summed E-state index contributed by atoms with van der Waals surface area (Å²) in [6, 6.07) is 6.87. The van der Waals surface area contributed by atoms with Crippen LogP contribution in [0.15, 0.2) is 18.2 Å². The molecule has 0 unspecified atom stereocenters. The van der Waals surface area contributed by atoms with Crippen molar-refractivity contribution in [1.29, 1.82) is 0 Å². The highest BCUT2D eigenvalue weighted by Gasteiger charge is 2.30. The van der Waals surface area contributed by atoms with Gasteiger partial charge in [0.05, 0.1) is 0 Å². The van der Waals surface area contributed by atoms with Crippen molar-refractivity contribution in [2.45, 2.75) is 39.0 Å². The predicted molar refractivity (Wildman–Crippen MR) is 69.9 cm³/mol. The SMILES string of the molecule is CNCCC1CC(c2cc(C)ccc2C)C1. The number of hydrogen-bond donors (Lipinski definition) is 1. The minimum absolute atomic E-state index is 0.835. The van der Waals surface area contributed by atoms with Crippen LogP contribution in [-0.2, 0) is 0 Å². The lowest BCUT2D eigenvalue weighted by Gasteiger charge is -2.36. The average Bonchev–Trinajstić information content (AvgIpc) is 2.21. The minimum atomic E-state index is 0.835. The van der Waals surface area contributed by atoms with Crippen LogP contribution in [0.4, 0.5) is 0 Å². The zero-order valence-corrected chi connectivity index (χ0v) is 10.7. The standard InChI is InChI=1S/C15H23N/c1-11-4-5-12(2)15(8-11)14-9-13(10-14)6-7-16-3/h4-5,8,13-14,16H,6-7,9-10H2,1-3H3. The molecule has 1 aliphatic carbocycles. The van der Waals surface area contributed by atoms with Crippen LogP contribution >= 0.6 is 0 Å². The molecule has 1 aromatic carbocycles. The molecule has 0 aliphatic heterocycles. The van der Waals surface area contributed by atoms with Crippen LogP contribution in [0.25, 0.3) is 0 Å². The first-order valence-electron chi connectivity index (χ1n) is 6.42. The summed E-state index contributed by atoms with van der Waals surface area (Å²) in [5.41, 5.74) is 4.47. The Labute approximate surface area is 99.3 Å². The Balaban J connectivity index is 1.93. The molecule has 1 aromatic rings. The molecule has 0 aromatic heterocycles. The van der Waals surface area contributed by atoms with E-state index in [-0.39, 0.29) is 0 Å². The molecule has 88 valence electrons. The molecule has 1 saturated carbocycles. The van der Waals surface area contributed by atoms with E-state index in [0.29, 0.717) is 0 Å². The lowest BCUT2D eigenvalue weighted by atomic mass is 9.69. The molecule has 1 nitrogen and oxygen atoms in total. The van der Waals surface area contributed by atoms with Crippen molar-refractivity contribution in [3.05, 3.63) is 34.9 Å². The summed E-state index contributed by atoms with van der Waals surface area (Å²) in [6.45, 7) is 5.61. The van der Waals surface area contributed by atoms with Crippen LogP contribution in [0.5, 0.6) is 0 Å². The van der Waals surface area contributed by atoms with E-state index in [1.165, 1.54) is 36.9 Å². The Morgan fingerprint density at radius 3 is 2.69 bits per heavy atom. The molecule has 1 aliphatic rings. The van der Waals surface area contributed by atoms with Crippen LogP contribution in [0.1, 0.15) is 41.9 Å². The summed E-state index contributed by atoms with van der Waals surface area (Å²) in [6.07, 6.45) is 4.13. The number of hydrogen-bond acceptors (Lipinski definition) is 1. The van der Waals surface area contributed by atoms with Gasteiger partial charge >= 0.3 is 0 Å². The summed E-state index contributed by atoms with van der Waals surface area (Å²) in [4.78, 5) is 0. The third kappa shape index (κ3) is 2.46. The van der Waals surface area contributed by atoms with Gasteiger partial charge in [0.25, 0.3) is 0 Å². The first-order valence-corrected chi connectivity index (χ1v) is 6.42. The zero-order valence-electron chi connectivity index (χ0n) is 10.7. The van der Waals surface area contributed by atoms with E-state index < -0.39 is 0 Å². The zero-order chi connectivity index (χ0) is 11.5. The van der Waals surface area contributed by atoms with Crippen LogP contribution in [0.2, 0.25) is 0 Å². The van der Waals surface area contributed by atoms with Crippen LogP contribution in [0.3, 0.4) is 0 Å². The molecule has 0 heterocycles. The van der Waals surface area contributed by atoms with Crippen molar-refractivity contribution >= 4 is 0 Å². The van der Waals surface area contributed by atoms with Gasteiger partial charge in [-0.1, -0.05) is 23.8 Å². The van der Waals surface area contributed by atoms with E-state index in [9.17, 15) is 0 Å². The molecule has 0 bridgehead atoms. The second-order valence-electron chi connectivity index (χ2n) is 5.29. The van der Waals surface area contributed by atoms with E-state index in [2.05, 4.69) is 37.4 Å². The summed E-state index contributed by atoms with van der Waals surface area (Å²) in [5.74, 6) is 1.79. The molecule has 0 radical (unpaired) electrons. The van der Waals surface area contributed by atoms with E-state index in [1.807, 2.05) is 7.05 Å². The van der Waals surface area contributed by atoms with E-state index in [1.54, 1.807) is 5.56 Å². The van der Waals surface area contributed by atoms with Gasteiger partial charge in [-0.2, -0.15) is 0 Å². The molecule has 0 saturated heterocycles. The van der Waals surface area contributed by atoms with Crippen molar-refractivity contribution in [3.8, 4) is 0 Å². The Morgan fingerprint density at radius 2 is 2.00 bits per heavy atom. The Bertz CT molecular complexity index is 350. The molecule has 1 N–H and O–H groups in total. The predicted octanol–water partition coefficient (Wildman–Crippen LogP) is 3.41. The summed E-state index contributed by atoms with van der Waals surface area (Å²) < 4.78 is 0. The van der Waals surface area contributed by atoms with Gasteiger partial charge in [-0.05, 0) is 69.7 Å². The van der Waals surface area contributed by atoms with Gasteiger partial charge in [0.2, 0.25) is 0 Å². The molecule has 16 heavy (non-hydrogen) atoms. The van der Waals surface area contributed by atoms with Crippen molar-refractivity contribution in [2.24, 2.45) is 5.92 Å². The smallest absolute Gasteiger partial charge is 0.00493 e. The van der Waals surface area contributed by atoms with Crippen LogP contribution < -0.4 is 5.32 Å². The lowest BCUT2D eigenvalue weighted by molar-refractivity contribution is 0.247. The van der Waals surface area contributed by atoms with Crippen molar-refractivity contribution < 1.29 is 0 Å². The fourth-order valence-corrected chi connectivity index (χ4v) is 2.77. The fraction of sp³-hybridized carbons (Fsp3) is 0.600. The van der Waals surface area contributed by atoms with Gasteiger partial charge in [0.15, 0.2) is 0 Å². The summed E-state index contributed by atoms with van der Waals surface area (Å²) in [5, 5.41) is 3.24.